The Morgan fingerprint density at radius 1 is 1.00 bits per heavy atom. The van der Waals surface area contributed by atoms with E-state index in [1.165, 1.54) is 25.1 Å². The van der Waals surface area contributed by atoms with E-state index in [4.69, 9.17) is 0 Å². The van der Waals surface area contributed by atoms with E-state index < -0.39 is 14.9 Å². The lowest BCUT2D eigenvalue weighted by Gasteiger charge is -2.13. The number of nitrogens with zero attached hydrogens (tertiary/aromatic N) is 1. The molecule has 1 N–H and O–H groups in total. The molecule has 2 rings (SSSR count). The summed E-state index contributed by atoms with van der Waals surface area (Å²) in [7, 11) is -3.89. The monoisotopic (exact) mass is 320 g/mol. The van der Waals surface area contributed by atoms with Crippen LogP contribution in [0.15, 0.2) is 41.3 Å². The van der Waals surface area contributed by atoms with Crippen molar-refractivity contribution < 1.29 is 13.3 Å². The molecule has 0 spiro atoms. The molecular weight excluding hydrogens is 304 g/mol. The fourth-order valence-corrected chi connectivity index (χ4v) is 3.54. The van der Waals surface area contributed by atoms with E-state index in [9.17, 15) is 18.5 Å². The van der Waals surface area contributed by atoms with Crippen LogP contribution in [0.2, 0.25) is 0 Å². The van der Waals surface area contributed by atoms with Crippen molar-refractivity contribution >= 4 is 21.4 Å². The Bertz CT molecular complexity index is 845. The number of anilines is 1. The summed E-state index contributed by atoms with van der Waals surface area (Å²) in [5.41, 5.74) is 2.13. The van der Waals surface area contributed by atoms with Gasteiger partial charge in [0.25, 0.3) is 15.7 Å². The van der Waals surface area contributed by atoms with Crippen molar-refractivity contribution in [2.75, 3.05) is 4.72 Å². The Morgan fingerprint density at radius 3 is 2.27 bits per heavy atom. The van der Waals surface area contributed by atoms with Gasteiger partial charge in [-0.2, -0.15) is 0 Å². The second-order valence-electron chi connectivity index (χ2n) is 5.01. The van der Waals surface area contributed by atoms with Crippen LogP contribution >= 0.6 is 0 Å². The lowest BCUT2D eigenvalue weighted by atomic mass is 10.1. The predicted octanol–water partition coefficient (Wildman–Crippen LogP) is 3.32. The van der Waals surface area contributed by atoms with Crippen LogP contribution in [0.25, 0.3) is 0 Å². The van der Waals surface area contributed by atoms with Gasteiger partial charge >= 0.3 is 0 Å². The van der Waals surface area contributed by atoms with Crippen LogP contribution in [0.3, 0.4) is 0 Å². The molecule has 6 nitrogen and oxygen atoms in total. The number of sulfonamides is 1. The van der Waals surface area contributed by atoms with Crippen LogP contribution < -0.4 is 4.72 Å². The van der Waals surface area contributed by atoms with E-state index in [2.05, 4.69) is 4.72 Å². The zero-order chi connectivity index (χ0) is 16.5. The second kappa shape index (κ2) is 5.76. The van der Waals surface area contributed by atoms with Crippen LogP contribution in [0, 0.1) is 30.9 Å². The van der Waals surface area contributed by atoms with Gasteiger partial charge in [-0.15, -0.1) is 0 Å². The Balaban J connectivity index is 2.50. The highest BCUT2D eigenvalue weighted by atomic mass is 32.2. The van der Waals surface area contributed by atoms with Crippen LogP contribution in [0.5, 0.6) is 0 Å². The van der Waals surface area contributed by atoms with Crippen LogP contribution in [-0.4, -0.2) is 13.3 Å². The number of nitro groups is 1. The topological polar surface area (TPSA) is 89.3 Å². The van der Waals surface area contributed by atoms with Crippen molar-refractivity contribution in [1.29, 1.82) is 0 Å². The first-order chi connectivity index (χ1) is 10.2. The van der Waals surface area contributed by atoms with Gasteiger partial charge in [0, 0.05) is 11.6 Å². The third kappa shape index (κ3) is 2.94. The van der Waals surface area contributed by atoms with Crippen LogP contribution in [-0.2, 0) is 10.0 Å². The van der Waals surface area contributed by atoms with Crippen molar-refractivity contribution in [2.45, 2.75) is 25.7 Å². The van der Waals surface area contributed by atoms with Gasteiger partial charge < -0.3 is 0 Å². The zero-order valence-electron chi connectivity index (χ0n) is 12.5. The Hall–Kier alpha value is -2.41. The smallest absolute Gasteiger partial charge is 0.273 e. The average molecular weight is 320 g/mol. The fraction of sp³-hybridized carbons (Fsp3) is 0.200. The molecule has 0 atom stereocenters. The quantitative estimate of drug-likeness (QED) is 0.691. The summed E-state index contributed by atoms with van der Waals surface area (Å²) in [6.45, 7) is 5.12. The highest BCUT2D eigenvalue weighted by Gasteiger charge is 2.23. The molecule has 22 heavy (non-hydrogen) atoms. The summed E-state index contributed by atoms with van der Waals surface area (Å²) in [5, 5.41) is 10.9. The highest BCUT2D eigenvalue weighted by Crippen LogP contribution is 2.27. The van der Waals surface area contributed by atoms with E-state index in [-0.39, 0.29) is 16.1 Å². The summed E-state index contributed by atoms with van der Waals surface area (Å²) < 4.78 is 27.6. The Kier molecular flexibility index (Phi) is 4.18. The molecule has 0 amide bonds. The van der Waals surface area contributed by atoms with Crippen molar-refractivity contribution in [3.63, 3.8) is 0 Å². The summed E-state index contributed by atoms with van der Waals surface area (Å²) >= 11 is 0. The first-order valence-electron chi connectivity index (χ1n) is 6.57. The minimum absolute atomic E-state index is 0.0948. The number of nitro benzene ring substituents is 1. The molecule has 7 heteroatoms. The second-order valence-corrected chi connectivity index (χ2v) is 6.66. The molecule has 0 unspecified atom stereocenters. The first kappa shape index (κ1) is 16.0. The Labute approximate surface area is 129 Å². The van der Waals surface area contributed by atoms with Gasteiger partial charge in [-0.1, -0.05) is 18.2 Å². The molecule has 0 aliphatic carbocycles. The molecule has 0 radical (unpaired) electrons. The minimum atomic E-state index is -3.89. The van der Waals surface area contributed by atoms with Crippen molar-refractivity contribution in [3.8, 4) is 0 Å². The van der Waals surface area contributed by atoms with E-state index >= 15 is 0 Å². The number of hydrogen-bond donors (Lipinski definition) is 1. The normalized spacial score (nSPS) is 11.2. The average Bonchev–Trinajstić information content (AvgIpc) is 2.43. The lowest BCUT2D eigenvalue weighted by Crippen LogP contribution is -2.15. The molecule has 0 fully saturated rings. The molecule has 0 bridgehead atoms. The van der Waals surface area contributed by atoms with E-state index in [1.54, 1.807) is 12.1 Å². The SMILES string of the molecule is Cc1cccc(NS(=O)(=O)c2cccc([N+](=O)[O-])c2C)c1C. The van der Waals surface area contributed by atoms with E-state index in [0.717, 1.165) is 11.1 Å². The van der Waals surface area contributed by atoms with E-state index in [1.807, 2.05) is 19.9 Å². The minimum Gasteiger partial charge on any atom is -0.279 e. The number of nitrogens with one attached hydrogen (secondary N) is 1. The molecule has 0 aliphatic heterocycles. The third-order valence-electron chi connectivity index (χ3n) is 3.59. The molecular formula is C15H16N2O4S. The van der Waals surface area contributed by atoms with Crippen LogP contribution in [0.1, 0.15) is 16.7 Å². The molecule has 116 valence electrons. The first-order valence-corrected chi connectivity index (χ1v) is 8.05. The molecule has 0 saturated heterocycles. The van der Waals surface area contributed by atoms with Crippen molar-refractivity contribution in [1.82, 2.24) is 0 Å². The summed E-state index contributed by atoms with van der Waals surface area (Å²) in [4.78, 5) is 10.3. The molecule has 0 aliphatic rings. The largest absolute Gasteiger partial charge is 0.279 e. The van der Waals surface area contributed by atoms with Crippen molar-refractivity contribution in [3.05, 3.63) is 63.2 Å². The van der Waals surface area contributed by atoms with Gasteiger partial charge in [0.2, 0.25) is 0 Å². The Morgan fingerprint density at radius 2 is 1.64 bits per heavy atom. The standard InChI is InChI=1S/C15H16N2O4S/c1-10-6-4-7-13(11(10)2)16-22(20,21)15-9-5-8-14(12(15)3)17(18)19/h4-9,16H,1-3H3. The van der Waals surface area contributed by atoms with Crippen LogP contribution in [0.4, 0.5) is 11.4 Å². The molecule has 0 heterocycles. The molecule has 2 aromatic rings. The lowest BCUT2D eigenvalue weighted by molar-refractivity contribution is -0.385. The van der Waals surface area contributed by atoms with Gasteiger partial charge in [0.05, 0.1) is 15.5 Å². The predicted molar refractivity (Wildman–Crippen MR) is 84.6 cm³/mol. The van der Waals surface area contributed by atoms with Crippen molar-refractivity contribution in [2.24, 2.45) is 0 Å². The number of hydrogen-bond acceptors (Lipinski definition) is 4. The number of benzene rings is 2. The zero-order valence-corrected chi connectivity index (χ0v) is 13.3. The molecule has 0 saturated carbocycles. The maximum Gasteiger partial charge on any atom is 0.273 e. The third-order valence-corrected chi connectivity index (χ3v) is 5.10. The maximum absolute atomic E-state index is 12.5. The summed E-state index contributed by atoms with van der Waals surface area (Å²) in [6.07, 6.45) is 0. The number of rotatable bonds is 4. The van der Waals surface area contributed by atoms with E-state index in [0.29, 0.717) is 5.69 Å². The highest BCUT2D eigenvalue weighted by molar-refractivity contribution is 7.92. The summed E-state index contributed by atoms with van der Waals surface area (Å²) in [6, 6.07) is 9.30. The van der Waals surface area contributed by atoms with Gasteiger partial charge in [-0.05, 0) is 44.0 Å². The molecule has 0 aromatic heterocycles. The fourth-order valence-electron chi connectivity index (χ4n) is 2.15. The van der Waals surface area contributed by atoms with Gasteiger partial charge in [-0.3, -0.25) is 14.8 Å². The number of aryl methyl sites for hydroxylation is 1. The van der Waals surface area contributed by atoms with Gasteiger partial charge in [0.1, 0.15) is 0 Å². The maximum atomic E-state index is 12.5. The molecule has 2 aromatic carbocycles. The summed E-state index contributed by atoms with van der Waals surface area (Å²) in [5.74, 6) is 0. The van der Waals surface area contributed by atoms with Gasteiger partial charge in [-0.25, -0.2) is 8.42 Å². The van der Waals surface area contributed by atoms with Gasteiger partial charge in [0.15, 0.2) is 0 Å².